The number of nitrogens with one attached hydrogen (secondary N) is 2. The van der Waals surface area contributed by atoms with Gasteiger partial charge in [0.05, 0.1) is 11.1 Å². The first-order chi connectivity index (χ1) is 17.9. The van der Waals surface area contributed by atoms with Crippen molar-refractivity contribution in [3.8, 4) is 16.9 Å². The second kappa shape index (κ2) is 9.16. The SMILES string of the molecule is Cc1ccc(OC[C@@H]2CCN2C)cc1C(=O)NC1(c2cc(-c3ccc(=O)[nH]c3)cc3ncccc23)CC1. The molecule has 7 heteroatoms. The molecule has 1 saturated carbocycles. The maximum atomic E-state index is 13.6. The Morgan fingerprint density at radius 2 is 2.03 bits per heavy atom. The Labute approximate surface area is 215 Å². The summed E-state index contributed by atoms with van der Waals surface area (Å²) in [6.45, 7) is 3.68. The van der Waals surface area contributed by atoms with Crippen molar-refractivity contribution in [1.29, 1.82) is 0 Å². The fourth-order valence-corrected chi connectivity index (χ4v) is 5.11. The standard InChI is InChI=1S/C30H30N4O3/c1-19-5-7-23(37-18-22-9-13-34(22)2)16-25(19)29(36)33-30(10-11-30)26-14-21(20-6-8-28(35)32-17-20)15-27-24(26)4-3-12-31-27/h3-8,12,14-17,22H,9-11,13,18H2,1-2H3,(H,32,35)(H,33,36)/t22-/m0/s1. The van der Waals surface area contributed by atoms with Crippen LogP contribution in [0.1, 0.15) is 40.7 Å². The summed E-state index contributed by atoms with van der Waals surface area (Å²) in [5, 5.41) is 4.37. The number of ether oxygens (including phenoxy) is 1. The predicted octanol–water partition coefficient (Wildman–Crippen LogP) is 4.40. The van der Waals surface area contributed by atoms with Gasteiger partial charge >= 0.3 is 0 Å². The normalized spacial score (nSPS) is 18.3. The zero-order valence-electron chi connectivity index (χ0n) is 21.1. The van der Waals surface area contributed by atoms with Gasteiger partial charge in [-0.25, -0.2) is 0 Å². The number of carbonyl (C=O) groups is 1. The van der Waals surface area contributed by atoms with Crippen molar-refractivity contribution in [1.82, 2.24) is 20.2 Å². The van der Waals surface area contributed by atoms with Gasteiger partial charge in [0.2, 0.25) is 5.56 Å². The zero-order chi connectivity index (χ0) is 25.6. The number of aromatic nitrogens is 2. The molecule has 0 bridgehead atoms. The number of hydrogen-bond acceptors (Lipinski definition) is 5. The molecule has 2 aliphatic rings. The molecule has 6 rings (SSSR count). The minimum atomic E-state index is -0.464. The summed E-state index contributed by atoms with van der Waals surface area (Å²) in [4.78, 5) is 34.8. The molecule has 1 aliphatic carbocycles. The van der Waals surface area contributed by atoms with E-state index in [1.165, 1.54) is 6.07 Å². The molecule has 7 nitrogen and oxygen atoms in total. The van der Waals surface area contributed by atoms with E-state index in [2.05, 4.69) is 39.4 Å². The highest BCUT2D eigenvalue weighted by Gasteiger charge is 2.47. The summed E-state index contributed by atoms with van der Waals surface area (Å²) >= 11 is 0. The summed E-state index contributed by atoms with van der Waals surface area (Å²) < 4.78 is 6.03. The number of rotatable bonds is 7. The van der Waals surface area contributed by atoms with Gasteiger partial charge in [-0.2, -0.15) is 0 Å². The molecular weight excluding hydrogens is 464 g/mol. The minimum Gasteiger partial charge on any atom is -0.492 e. The Balaban J connectivity index is 1.30. The lowest BCUT2D eigenvalue weighted by Gasteiger charge is -2.37. The Bertz CT molecular complexity index is 1540. The van der Waals surface area contributed by atoms with E-state index in [1.54, 1.807) is 18.5 Å². The van der Waals surface area contributed by atoms with Gasteiger partial charge in [0.1, 0.15) is 12.4 Å². The quantitative estimate of drug-likeness (QED) is 0.398. The van der Waals surface area contributed by atoms with Gasteiger partial charge in [-0.3, -0.25) is 19.5 Å². The first-order valence-electron chi connectivity index (χ1n) is 12.8. The van der Waals surface area contributed by atoms with Gasteiger partial charge < -0.3 is 15.0 Å². The molecule has 2 aromatic carbocycles. The summed E-state index contributed by atoms with van der Waals surface area (Å²) in [5.41, 5.74) is 4.68. The number of nitrogens with zero attached hydrogens (tertiary/aromatic N) is 2. The molecule has 1 saturated heterocycles. The highest BCUT2D eigenvalue weighted by molar-refractivity contribution is 5.98. The van der Waals surface area contributed by atoms with Crippen molar-refractivity contribution in [2.45, 2.75) is 37.8 Å². The molecule has 188 valence electrons. The molecule has 0 spiro atoms. The fraction of sp³-hybridized carbons (Fsp3) is 0.300. The molecule has 1 amide bonds. The summed E-state index contributed by atoms with van der Waals surface area (Å²) in [5.74, 6) is 0.614. The van der Waals surface area contributed by atoms with Gasteiger partial charge in [-0.1, -0.05) is 12.1 Å². The van der Waals surface area contributed by atoms with E-state index in [9.17, 15) is 9.59 Å². The van der Waals surface area contributed by atoms with Crippen LogP contribution in [0.2, 0.25) is 0 Å². The van der Waals surface area contributed by atoms with Crippen molar-refractivity contribution in [3.63, 3.8) is 0 Å². The van der Waals surface area contributed by atoms with Crippen LogP contribution in [0.5, 0.6) is 5.75 Å². The van der Waals surface area contributed by atoms with Gasteiger partial charge in [-0.05, 0) is 98.4 Å². The van der Waals surface area contributed by atoms with Crippen LogP contribution in [0.15, 0.2) is 71.8 Å². The summed E-state index contributed by atoms with van der Waals surface area (Å²) in [6, 6.07) is 17.6. The number of pyridine rings is 2. The number of aryl methyl sites for hydroxylation is 1. The number of aromatic amines is 1. The maximum Gasteiger partial charge on any atom is 0.252 e. The molecule has 2 N–H and O–H groups in total. The predicted molar refractivity (Wildman–Crippen MR) is 144 cm³/mol. The second-order valence-electron chi connectivity index (χ2n) is 10.3. The number of amides is 1. The molecule has 2 aromatic heterocycles. The average molecular weight is 495 g/mol. The smallest absolute Gasteiger partial charge is 0.252 e. The molecule has 37 heavy (non-hydrogen) atoms. The van der Waals surface area contributed by atoms with Crippen LogP contribution in [0.25, 0.3) is 22.0 Å². The Hall–Kier alpha value is -3.97. The Morgan fingerprint density at radius 3 is 2.73 bits per heavy atom. The van der Waals surface area contributed by atoms with Crippen LogP contribution in [0, 0.1) is 6.92 Å². The number of likely N-dealkylation sites (N-methyl/N-ethyl adjacent to an activating group) is 1. The third kappa shape index (κ3) is 4.51. The van der Waals surface area contributed by atoms with E-state index in [0.717, 1.165) is 64.7 Å². The van der Waals surface area contributed by atoms with Crippen LogP contribution < -0.4 is 15.6 Å². The van der Waals surface area contributed by atoms with Gasteiger partial charge in [0.25, 0.3) is 5.91 Å². The van der Waals surface area contributed by atoms with E-state index in [4.69, 9.17) is 4.74 Å². The van der Waals surface area contributed by atoms with Crippen molar-refractivity contribution in [2.24, 2.45) is 0 Å². The van der Waals surface area contributed by atoms with Gasteiger partial charge in [0.15, 0.2) is 0 Å². The lowest BCUT2D eigenvalue weighted by molar-refractivity contribution is 0.0767. The van der Waals surface area contributed by atoms with Crippen molar-refractivity contribution in [2.75, 3.05) is 20.2 Å². The van der Waals surface area contributed by atoms with Crippen molar-refractivity contribution in [3.05, 3.63) is 94.0 Å². The fourth-order valence-electron chi connectivity index (χ4n) is 5.11. The van der Waals surface area contributed by atoms with E-state index in [0.29, 0.717) is 18.2 Å². The minimum absolute atomic E-state index is 0.104. The number of benzene rings is 2. The van der Waals surface area contributed by atoms with Crippen molar-refractivity contribution >= 4 is 16.8 Å². The first-order valence-corrected chi connectivity index (χ1v) is 12.8. The highest BCUT2D eigenvalue weighted by atomic mass is 16.5. The van der Waals surface area contributed by atoms with Crippen LogP contribution in [0.3, 0.4) is 0 Å². The van der Waals surface area contributed by atoms with E-state index < -0.39 is 5.54 Å². The third-order valence-corrected chi connectivity index (χ3v) is 7.79. The third-order valence-electron chi connectivity index (χ3n) is 7.79. The molecule has 1 atom stereocenters. The largest absolute Gasteiger partial charge is 0.492 e. The second-order valence-corrected chi connectivity index (χ2v) is 10.3. The molecule has 3 heterocycles. The summed E-state index contributed by atoms with van der Waals surface area (Å²) in [6.07, 6.45) is 6.32. The molecule has 1 aliphatic heterocycles. The monoisotopic (exact) mass is 494 g/mol. The van der Waals surface area contributed by atoms with E-state index in [1.807, 2.05) is 37.3 Å². The lowest BCUT2D eigenvalue weighted by Crippen LogP contribution is -2.48. The molecule has 2 fully saturated rings. The van der Waals surface area contributed by atoms with Crippen LogP contribution >= 0.6 is 0 Å². The Morgan fingerprint density at radius 1 is 1.16 bits per heavy atom. The van der Waals surface area contributed by atoms with Gasteiger partial charge in [0, 0.05) is 35.5 Å². The van der Waals surface area contributed by atoms with Crippen LogP contribution in [0.4, 0.5) is 0 Å². The van der Waals surface area contributed by atoms with Gasteiger partial charge in [-0.15, -0.1) is 0 Å². The maximum absolute atomic E-state index is 13.6. The number of carbonyl (C=O) groups excluding carboxylic acids is 1. The first kappa shape index (κ1) is 23.4. The number of H-pyrrole nitrogens is 1. The number of likely N-dealkylation sites (tertiary alicyclic amines) is 1. The van der Waals surface area contributed by atoms with Crippen LogP contribution in [-0.4, -0.2) is 47.0 Å². The topological polar surface area (TPSA) is 87.3 Å². The molecule has 0 unspecified atom stereocenters. The summed E-state index contributed by atoms with van der Waals surface area (Å²) in [7, 11) is 2.10. The van der Waals surface area contributed by atoms with E-state index in [-0.39, 0.29) is 11.5 Å². The highest BCUT2D eigenvalue weighted by Crippen LogP contribution is 2.49. The number of hydrogen-bond donors (Lipinski definition) is 2. The lowest BCUT2D eigenvalue weighted by atomic mass is 9.93. The molecular formula is C30H30N4O3. The van der Waals surface area contributed by atoms with Crippen LogP contribution in [-0.2, 0) is 5.54 Å². The molecule has 4 aromatic rings. The zero-order valence-corrected chi connectivity index (χ0v) is 21.1. The average Bonchev–Trinajstić information content (AvgIpc) is 3.68. The van der Waals surface area contributed by atoms with E-state index >= 15 is 0 Å². The molecule has 0 radical (unpaired) electrons. The number of fused-ring (bicyclic) bond motifs is 1. The Kier molecular flexibility index (Phi) is 5.80. The van der Waals surface area contributed by atoms with Crippen molar-refractivity contribution < 1.29 is 9.53 Å².